The highest BCUT2D eigenvalue weighted by Crippen LogP contribution is 2.30. The van der Waals surface area contributed by atoms with Crippen LogP contribution < -0.4 is 21.9 Å². The Balaban J connectivity index is 0.00000154. The summed E-state index contributed by atoms with van der Waals surface area (Å²) in [6.45, 7) is 0. The second-order valence-corrected chi connectivity index (χ2v) is 12.5. The van der Waals surface area contributed by atoms with E-state index in [1.54, 1.807) is 0 Å². The van der Waals surface area contributed by atoms with Crippen molar-refractivity contribution in [2.45, 2.75) is 0 Å². The molecular formula is C27H9BF20S. The Morgan fingerprint density at radius 1 is 0.224 bits per heavy atom. The fourth-order valence-electron chi connectivity index (χ4n) is 4.87. The third-order valence-electron chi connectivity index (χ3n) is 6.71. The van der Waals surface area contributed by atoms with E-state index in [0.717, 1.165) is 0 Å². The standard InChI is InChI=1S/C24BF20.C3H9S/c26-5-1(6(27)14(35)21(42)13(5)34)25(2-7(28)15(36)22(43)16(37)8(2)29,3-9(30)17(38)23(44)18(39)10(3)31)4-11(32)19(40)24(45)20(41)12(4)33;1-4(2)3/h;1-3H3/q-1;+1. The molecular weight excluding hydrogens is 747 g/mol. The molecule has 0 nitrogen and oxygen atoms in total. The molecule has 0 unspecified atom stereocenters. The highest BCUT2D eigenvalue weighted by molar-refractivity contribution is 7.94. The Hall–Kier alpha value is -4.11. The molecule has 0 heterocycles. The summed E-state index contributed by atoms with van der Waals surface area (Å²) in [7, 11) is 0.639. The lowest BCUT2D eigenvalue weighted by molar-refractivity contribution is 0.378. The fraction of sp³-hybridized carbons (Fsp3) is 0.111. The van der Waals surface area contributed by atoms with Crippen molar-refractivity contribution >= 4 is 38.9 Å². The van der Waals surface area contributed by atoms with Crippen molar-refractivity contribution in [2.75, 3.05) is 18.8 Å². The minimum Gasteiger partial charge on any atom is -0.207 e. The van der Waals surface area contributed by atoms with Crippen molar-refractivity contribution in [2.24, 2.45) is 0 Å². The molecule has 22 heteroatoms. The first kappa shape index (κ1) is 39.3. The van der Waals surface area contributed by atoms with Gasteiger partial charge in [0.15, 0.2) is 69.8 Å². The van der Waals surface area contributed by atoms with Crippen molar-refractivity contribution in [3.8, 4) is 0 Å². The average molecular weight is 756 g/mol. The van der Waals surface area contributed by atoms with Crippen LogP contribution in [-0.2, 0) is 10.9 Å². The van der Waals surface area contributed by atoms with Gasteiger partial charge in [0.2, 0.25) is 0 Å². The van der Waals surface area contributed by atoms with Gasteiger partial charge in [0, 0.05) is 0 Å². The zero-order valence-corrected chi connectivity index (χ0v) is 24.4. The predicted molar refractivity (Wildman–Crippen MR) is 134 cm³/mol. The Morgan fingerprint density at radius 2 is 0.306 bits per heavy atom. The number of rotatable bonds is 4. The van der Waals surface area contributed by atoms with Crippen molar-refractivity contribution in [3.05, 3.63) is 116 Å². The summed E-state index contributed by atoms with van der Waals surface area (Å²) < 4.78 is 294. The molecule has 0 amide bonds. The second kappa shape index (κ2) is 13.7. The maximum Gasteiger partial charge on any atom is 0.200 e. The van der Waals surface area contributed by atoms with E-state index >= 15 is 35.1 Å². The molecule has 4 rings (SSSR count). The summed E-state index contributed by atoms with van der Waals surface area (Å²) in [5.41, 5.74) is -14.3. The van der Waals surface area contributed by atoms with E-state index in [9.17, 15) is 52.7 Å². The average Bonchev–Trinajstić information content (AvgIpc) is 3.04. The Morgan fingerprint density at radius 3 is 0.408 bits per heavy atom. The molecule has 0 spiro atoms. The van der Waals surface area contributed by atoms with Crippen LogP contribution in [0.4, 0.5) is 87.8 Å². The lowest BCUT2D eigenvalue weighted by Crippen LogP contribution is -2.81. The van der Waals surface area contributed by atoms with Gasteiger partial charge in [-0.15, -0.1) is 21.9 Å². The summed E-state index contributed by atoms with van der Waals surface area (Å²) in [4.78, 5) is 0. The van der Waals surface area contributed by atoms with Gasteiger partial charge in [-0.25, -0.2) is 87.8 Å². The van der Waals surface area contributed by atoms with Gasteiger partial charge in [0.1, 0.15) is 52.7 Å². The van der Waals surface area contributed by atoms with Gasteiger partial charge in [-0.1, -0.05) is 0 Å². The number of hydrogen-bond donors (Lipinski definition) is 0. The topological polar surface area (TPSA) is 0 Å². The zero-order valence-electron chi connectivity index (χ0n) is 23.5. The summed E-state index contributed by atoms with van der Waals surface area (Å²) in [5.74, 6) is -71.4. The molecule has 0 aromatic heterocycles. The van der Waals surface area contributed by atoms with Crippen molar-refractivity contribution in [1.82, 2.24) is 0 Å². The van der Waals surface area contributed by atoms with Gasteiger partial charge in [0.25, 0.3) is 0 Å². The highest BCUT2D eigenvalue weighted by Gasteiger charge is 2.52. The van der Waals surface area contributed by atoms with E-state index in [4.69, 9.17) is 0 Å². The third kappa shape index (κ3) is 5.74. The lowest BCUT2D eigenvalue weighted by Gasteiger charge is -2.44. The van der Waals surface area contributed by atoms with Crippen LogP contribution in [0.15, 0.2) is 0 Å². The molecule has 4 aromatic rings. The van der Waals surface area contributed by atoms with E-state index in [0.29, 0.717) is 10.9 Å². The van der Waals surface area contributed by atoms with Crippen LogP contribution in [0.3, 0.4) is 0 Å². The molecule has 0 fully saturated rings. The first-order chi connectivity index (χ1) is 22.4. The predicted octanol–water partition coefficient (Wildman–Crippen LogP) is 6.34. The zero-order chi connectivity index (χ0) is 37.9. The molecule has 0 aliphatic carbocycles. The normalized spacial score (nSPS) is 11.8. The molecule has 266 valence electrons. The van der Waals surface area contributed by atoms with Crippen LogP contribution in [0.5, 0.6) is 0 Å². The van der Waals surface area contributed by atoms with E-state index in [-0.39, 0.29) is 0 Å². The van der Waals surface area contributed by atoms with Gasteiger partial charge in [-0.05, 0) is 10.9 Å². The van der Waals surface area contributed by atoms with Crippen LogP contribution in [0.25, 0.3) is 0 Å². The minimum atomic E-state index is -7.22. The van der Waals surface area contributed by atoms with Crippen LogP contribution >= 0.6 is 0 Å². The summed E-state index contributed by atoms with van der Waals surface area (Å²) in [5, 5.41) is 0. The second-order valence-electron chi connectivity index (χ2n) is 10.0. The van der Waals surface area contributed by atoms with Crippen molar-refractivity contribution in [3.63, 3.8) is 0 Å². The van der Waals surface area contributed by atoms with Crippen molar-refractivity contribution in [1.29, 1.82) is 0 Å². The largest absolute Gasteiger partial charge is 0.207 e. The molecule has 0 N–H and O–H groups in total. The monoisotopic (exact) mass is 756 g/mol. The Labute approximate surface area is 262 Å². The lowest BCUT2D eigenvalue weighted by atomic mass is 9.12. The maximum absolute atomic E-state index is 15.4. The molecule has 0 bridgehead atoms. The Bertz CT molecular complexity index is 1630. The molecule has 0 aliphatic rings. The van der Waals surface area contributed by atoms with E-state index in [1.165, 1.54) is 0 Å². The van der Waals surface area contributed by atoms with Gasteiger partial charge < -0.3 is 0 Å². The molecule has 4 aromatic carbocycles. The maximum atomic E-state index is 15.4. The number of halogens is 20. The van der Waals surface area contributed by atoms with E-state index < -0.39 is 144 Å². The first-order valence-corrected chi connectivity index (χ1v) is 14.6. The van der Waals surface area contributed by atoms with Crippen LogP contribution in [0, 0.1) is 116 Å². The molecule has 0 saturated heterocycles. The quantitative estimate of drug-likeness (QED) is 0.0751. The third-order valence-corrected chi connectivity index (χ3v) is 6.71. The SMILES string of the molecule is C[S+](C)C.Fc1c(F)c(F)c([B-](c2c(F)c(F)c(F)c(F)c2F)(c2c(F)c(F)c(F)c(F)c2F)c2c(F)c(F)c(F)c(F)c2F)c(F)c1F. The van der Waals surface area contributed by atoms with Gasteiger partial charge in [0.05, 0.1) is 18.8 Å². The minimum absolute atomic E-state index is 0.639. The highest BCUT2D eigenvalue weighted by atomic mass is 32.2. The van der Waals surface area contributed by atoms with E-state index in [2.05, 4.69) is 18.8 Å². The summed E-state index contributed by atoms with van der Waals surface area (Å²) >= 11 is 0. The van der Waals surface area contributed by atoms with Gasteiger partial charge in [-0.3, -0.25) is 0 Å². The van der Waals surface area contributed by atoms with E-state index in [1.807, 2.05) is 0 Å². The summed E-state index contributed by atoms with van der Waals surface area (Å²) in [6, 6.07) is 0. The molecule has 0 aliphatic heterocycles. The molecule has 0 atom stereocenters. The summed E-state index contributed by atoms with van der Waals surface area (Å²) in [6.07, 6.45) is -0.634. The van der Waals surface area contributed by atoms with Gasteiger partial charge in [-0.2, -0.15) is 0 Å². The van der Waals surface area contributed by atoms with Crippen molar-refractivity contribution < 1.29 is 87.8 Å². The first-order valence-electron chi connectivity index (χ1n) is 12.2. The molecule has 49 heavy (non-hydrogen) atoms. The number of hydrogen-bond acceptors (Lipinski definition) is 0. The molecule has 0 saturated carbocycles. The van der Waals surface area contributed by atoms with Crippen LogP contribution in [0.2, 0.25) is 0 Å². The molecule has 0 radical (unpaired) electrons. The Kier molecular flexibility index (Phi) is 11.0. The smallest absolute Gasteiger partial charge is 0.200 e. The fourth-order valence-corrected chi connectivity index (χ4v) is 4.87. The van der Waals surface area contributed by atoms with Gasteiger partial charge >= 0.3 is 0 Å². The van der Waals surface area contributed by atoms with Crippen LogP contribution in [0.1, 0.15) is 0 Å². The van der Waals surface area contributed by atoms with Crippen LogP contribution in [-0.4, -0.2) is 24.9 Å². The number of benzene rings is 4.